The molecule has 1 N–H and O–H groups in total. The summed E-state index contributed by atoms with van der Waals surface area (Å²) in [6.07, 6.45) is 5.52. The van der Waals surface area contributed by atoms with Crippen molar-refractivity contribution in [2.45, 2.75) is 25.8 Å². The molecule has 2 aliphatic heterocycles. The number of fused-ring (bicyclic) bond motifs is 1. The molecule has 0 radical (unpaired) electrons. The maximum atomic E-state index is 6.21. The van der Waals surface area contributed by atoms with E-state index in [-0.39, 0.29) is 0 Å². The Labute approximate surface area is 190 Å². The summed E-state index contributed by atoms with van der Waals surface area (Å²) in [6.45, 7) is 8.61. The summed E-state index contributed by atoms with van der Waals surface area (Å²) < 4.78 is 12.2. The molecule has 3 aromatic rings. The Morgan fingerprint density at radius 2 is 1.94 bits per heavy atom. The average Bonchev–Trinajstić information content (AvgIpc) is 3.44. The van der Waals surface area contributed by atoms with Crippen molar-refractivity contribution in [3.8, 4) is 5.75 Å². The SMILES string of the molecule is c1ccc(OCCN2CCCC2)c(CN2CCOC[C@H](Cc3ccc4cc[nH]c4n3)C2)c1. The lowest BCUT2D eigenvalue weighted by Crippen LogP contribution is -2.31. The second-order valence-electron chi connectivity index (χ2n) is 9.10. The largest absolute Gasteiger partial charge is 0.492 e. The molecule has 0 aliphatic carbocycles. The van der Waals surface area contributed by atoms with Crippen LogP contribution in [-0.2, 0) is 17.7 Å². The minimum atomic E-state index is 0.431. The summed E-state index contributed by atoms with van der Waals surface area (Å²) in [5, 5.41) is 1.16. The molecule has 2 saturated heterocycles. The zero-order valence-electron chi connectivity index (χ0n) is 18.8. The van der Waals surface area contributed by atoms with Gasteiger partial charge >= 0.3 is 0 Å². The van der Waals surface area contributed by atoms with Crippen LogP contribution in [0.15, 0.2) is 48.7 Å². The van der Waals surface area contributed by atoms with Gasteiger partial charge in [0, 0.05) is 54.9 Å². The Bertz CT molecular complexity index is 998. The lowest BCUT2D eigenvalue weighted by Gasteiger charge is -2.24. The smallest absolute Gasteiger partial charge is 0.137 e. The third-order valence-corrected chi connectivity index (χ3v) is 6.62. The van der Waals surface area contributed by atoms with E-state index in [0.29, 0.717) is 5.92 Å². The van der Waals surface area contributed by atoms with Crippen LogP contribution < -0.4 is 4.74 Å². The molecular weight excluding hydrogens is 400 g/mol. The molecule has 0 unspecified atom stereocenters. The number of ether oxygens (including phenoxy) is 2. The number of likely N-dealkylation sites (tertiary alicyclic amines) is 1. The minimum Gasteiger partial charge on any atom is -0.492 e. The van der Waals surface area contributed by atoms with E-state index in [1.54, 1.807) is 0 Å². The number of para-hydroxylation sites is 1. The van der Waals surface area contributed by atoms with Gasteiger partial charge in [0.25, 0.3) is 0 Å². The standard InChI is InChI=1S/C26H34N4O2/c1-2-6-25(32-16-14-29-11-3-4-12-29)23(5-1)19-30-13-15-31-20-21(18-30)17-24-8-7-22-9-10-27-26(22)28-24/h1-2,5-10,21H,3-4,11-20H2,(H,27,28)/t21-/m1/s1. The maximum absolute atomic E-state index is 6.21. The van der Waals surface area contributed by atoms with E-state index in [2.05, 4.69) is 57.2 Å². The van der Waals surface area contributed by atoms with Crippen molar-refractivity contribution < 1.29 is 9.47 Å². The van der Waals surface area contributed by atoms with E-state index in [0.717, 1.165) is 74.9 Å². The predicted octanol–water partition coefficient (Wildman–Crippen LogP) is 3.73. The summed E-state index contributed by atoms with van der Waals surface area (Å²) in [4.78, 5) is 13.0. The Morgan fingerprint density at radius 1 is 1.03 bits per heavy atom. The molecule has 2 aromatic heterocycles. The highest BCUT2D eigenvalue weighted by Gasteiger charge is 2.21. The van der Waals surface area contributed by atoms with Crippen LogP contribution >= 0.6 is 0 Å². The molecule has 2 aliphatic rings. The lowest BCUT2D eigenvalue weighted by atomic mass is 10.0. The first-order valence-electron chi connectivity index (χ1n) is 12.0. The number of benzene rings is 1. The van der Waals surface area contributed by atoms with E-state index in [1.165, 1.54) is 31.5 Å². The zero-order valence-corrected chi connectivity index (χ0v) is 18.8. The minimum absolute atomic E-state index is 0.431. The molecular formula is C26H34N4O2. The summed E-state index contributed by atoms with van der Waals surface area (Å²) >= 11 is 0. The van der Waals surface area contributed by atoms with Crippen LogP contribution in [0, 0.1) is 5.92 Å². The number of rotatable bonds is 8. The second-order valence-corrected chi connectivity index (χ2v) is 9.10. The molecule has 0 spiro atoms. The first kappa shape index (κ1) is 21.4. The van der Waals surface area contributed by atoms with Gasteiger partial charge in [0.05, 0.1) is 13.2 Å². The Morgan fingerprint density at radius 3 is 2.88 bits per heavy atom. The molecule has 0 bridgehead atoms. The van der Waals surface area contributed by atoms with Gasteiger partial charge in [-0.25, -0.2) is 4.98 Å². The normalized spacial score (nSPS) is 20.6. The van der Waals surface area contributed by atoms with Crippen LogP contribution in [0.2, 0.25) is 0 Å². The molecule has 0 saturated carbocycles. The number of aromatic amines is 1. The quantitative estimate of drug-likeness (QED) is 0.586. The van der Waals surface area contributed by atoms with Gasteiger partial charge in [-0.15, -0.1) is 0 Å². The second kappa shape index (κ2) is 10.5. The van der Waals surface area contributed by atoms with E-state index >= 15 is 0 Å². The van der Waals surface area contributed by atoms with Crippen LogP contribution in [0.1, 0.15) is 24.1 Å². The molecule has 4 heterocycles. The Kier molecular flexibility index (Phi) is 7.01. The third-order valence-electron chi connectivity index (χ3n) is 6.62. The molecule has 2 fully saturated rings. The van der Waals surface area contributed by atoms with Crippen LogP contribution in [0.3, 0.4) is 0 Å². The third kappa shape index (κ3) is 5.49. The van der Waals surface area contributed by atoms with Crippen molar-refractivity contribution in [3.63, 3.8) is 0 Å². The van der Waals surface area contributed by atoms with Crippen molar-refractivity contribution in [1.82, 2.24) is 19.8 Å². The highest BCUT2D eigenvalue weighted by Crippen LogP contribution is 2.23. The average molecular weight is 435 g/mol. The zero-order chi connectivity index (χ0) is 21.6. The van der Waals surface area contributed by atoms with Gasteiger partial charge in [-0.2, -0.15) is 0 Å². The number of aromatic nitrogens is 2. The van der Waals surface area contributed by atoms with Crippen LogP contribution in [-0.4, -0.2) is 72.3 Å². The van der Waals surface area contributed by atoms with E-state index in [9.17, 15) is 0 Å². The molecule has 5 rings (SSSR count). The van der Waals surface area contributed by atoms with Crippen LogP contribution in [0.5, 0.6) is 5.75 Å². The fourth-order valence-corrected chi connectivity index (χ4v) is 4.91. The van der Waals surface area contributed by atoms with E-state index in [4.69, 9.17) is 14.5 Å². The van der Waals surface area contributed by atoms with E-state index < -0.39 is 0 Å². The number of pyridine rings is 1. The van der Waals surface area contributed by atoms with Gasteiger partial charge in [0.15, 0.2) is 0 Å². The number of H-pyrrole nitrogens is 1. The maximum Gasteiger partial charge on any atom is 0.137 e. The fraction of sp³-hybridized carbons (Fsp3) is 0.500. The lowest BCUT2D eigenvalue weighted by molar-refractivity contribution is 0.121. The molecule has 32 heavy (non-hydrogen) atoms. The Balaban J connectivity index is 1.19. The topological polar surface area (TPSA) is 53.6 Å². The van der Waals surface area contributed by atoms with Crippen molar-refractivity contribution in [3.05, 3.63) is 59.9 Å². The first-order chi connectivity index (χ1) is 15.8. The van der Waals surface area contributed by atoms with Crippen molar-refractivity contribution in [2.24, 2.45) is 5.92 Å². The monoisotopic (exact) mass is 434 g/mol. The highest BCUT2D eigenvalue weighted by molar-refractivity contribution is 5.75. The Hall–Kier alpha value is -2.41. The molecule has 6 nitrogen and oxygen atoms in total. The van der Waals surface area contributed by atoms with Gasteiger partial charge in [-0.05, 0) is 56.6 Å². The summed E-state index contributed by atoms with van der Waals surface area (Å²) in [7, 11) is 0. The number of hydrogen-bond acceptors (Lipinski definition) is 5. The van der Waals surface area contributed by atoms with Gasteiger partial charge in [0.1, 0.15) is 18.0 Å². The number of nitrogens with zero attached hydrogens (tertiary/aromatic N) is 3. The van der Waals surface area contributed by atoms with Gasteiger partial charge < -0.3 is 14.5 Å². The van der Waals surface area contributed by atoms with Crippen LogP contribution in [0.25, 0.3) is 11.0 Å². The van der Waals surface area contributed by atoms with Crippen molar-refractivity contribution >= 4 is 11.0 Å². The van der Waals surface area contributed by atoms with Crippen molar-refractivity contribution in [1.29, 1.82) is 0 Å². The predicted molar refractivity (Wildman–Crippen MR) is 127 cm³/mol. The summed E-state index contributed by atoms with van der Waals surface area (Å²) in [6, 6.07) is 14.9. The molecule has 6 heteroatoms. The molecule has 0 amide bonds. The molecule has 1 aromatic carbocycles. The number of hydrogen-bond donors (Lipinski definition) is 1. The summed E-state index contributed by atoms with van der Waals surface area (Å²) in [5.41, 5.74) is 3.36. The van der Waals surface area contributed by atoms with Crippen LogP contribution in [0.4, 0.5) is 0 Å². The van der Waals surface area contributed by atoms with Crippen molar-refractivity contribution in [2.75, 3.05) is 52.5 Å². The fourth-order valence-electron chi connectivity index (χ4n) is 4.91. The summed E-state index contributed by atoms with van der Waals surface area (Å²) in [5.74, 6) is 1.45. The van der Waals surface area contributed by atoms with Gasteiger partial charge in [-0.1, -0.05) is 18.2 Å². The first-order valence-corrected chi connectivity index (χ1v) is 12.0. The number of nitrogens with one attached hydrogen (secondary N) is 1. The molecule has 170 valence electrons. The highest BCUT2D eigenvalue weighted by atomic mass is 16.5. The van der Waals surface area contributed by atoms with Gasteiger partial charge in [0.2, 0.25) is 0 Å². The molecule has 1 atom stereocenters. The van der Waals surface area contributed by atoms with E-state index in [1.807, 2.05) is 6.20 Å². The van der Waals surface area contributed by atoms with Gasteiger partial charge in [-0.3, -0.25) is 9.80 Å².